The van der Waals surface area contributed by atoms with Crippen molar-refractivity contribution in [1.82, 2.24) is 0 Å². The van der Waals surface area contributed by atoms with Crippen molar-refractivity contribution in [2.45, 2.75) is 19.9 Å². The van der Waals surface area contributed by atoms with Gasteiger partial charge in [-0.15, -0.1) is 11.3 Å². The van der Waals surface area contributed by atoms with Gasteiger partial charge in [0.15, 0.2) is 0 Å². The highest BCUT2D eigenvalue weighted by atomic mass is 32.1. The second-order valence-corrected chi connectivity index (χ2v) is 5.10. The predicted molar refractivity (Wildman–Crippen MR) is 74.4 cm³/mol. The van der Waals surface area contributed by atoms with Crippen LogP contribution in [0.1, 0.15) is 27.0 Å². The van der Waals surface area contributed by atoms with Gasteiger partial charge in [0.2, 0.25) is 0 Å². The van der Waals surface area contributed by atoms with E-state index in [1.165, 1.54) is 16.9 Å². The molecule has 0 saturated heterocycles. The lowest BCUT2D eigenvalue weighted by Gasteiger charge is -2.09. The molecule has 1 aromatic heterocycles. The van der Waals surface area contributed by atoms with Crippen molar-refractivity contribution in [3.05, 3.63) is 51.7 Å². The number of carboxylic acid groups (broad SMARTS) is 1. The minimum Gasteiger partial charge on any atom is -0.477 e. The van der Waals surface area contributed by atoms with Gasteiger partial charge in [-0.3, -0.25) is 0 Å². The lowest BCUT2D eigenvalue weighted by Crippen LogP contribution is -2.00. The van der Waals surface area contributed by atoms with Crippen LogP contribution in [0.2, 0.25) is 0 Å². The molecule has 1 aromatic carbocycles. The number of rotatable bonds is 5. The molecule has 2 aromatic rings. The number of para-hydroxylation sites is 1. The molecule has 0 bridgehead atoms. The average Bonchev–Trinajstić information content (AvgIpc) is 2.85. The average molecular weight is 261 g/mol. The summed E-state index contributed by atoms with van der Waals surface area (Å²) < 4.78 is 0. The Hall–Kier alpha value is -1.81. The number of carboxylic acids is 1. The van der Waals surface area contributed by atoms with Crippen LogP contribution in [0.5, 0.6) is 0 Å². The van der Waals surface area contributed by atoms with E-state index in [0.29, 0.717) is 11.4 Å². The molecule has 0 unspecified atom stereocenters. The second-order valence-electron chi connectivity index (χ2n) is 3.94. The third kappa shape index (κ3) is 2.90. The lowest BCUT2D eigenvalue weighted by molar-refractivity contribution is 0.0702. The highest BCUT2D eigenvalue weighted by molar-refractivity contribution is 7.13. The fourth-order valence-electron chi connectivity index (χ4n) is 1.77. The molecular weight excluding hydrogens is 246 g/mol. The smallest absolute Gasteiger partial charge is 0.345 e. The van der Waals surface area contributed by atoms with Crippen LogP contribution < -0.4 is 5.32 Å². The van der Waals surface area contributed by atoms with Crippen LogP contribution in [-0.2, 0) is 13.0 Å². The number of carbonyl (C=O) groups is 1. The largest absolute Gasteiger partial charge is 0.477 e. The molecule has 0 fully saturated rings. The van der Waals surface area contributed by atoms with E-state index in [1.807, 2.05) is 24.3 Å². The first-order valence-corrected chi connectivity index (χ1v) is 6.66. The van der Waals surface area contributed by atoms with Gasteiger partial charge in [-0.05, 0) is 30.2 Å². The summed E-state index contributed by atoms with van der Waals surface area (Å²) in [5.41, 5.74) is 2.39. The maximum Gasteiger partial charge on any atom is 0.345 e. The van der Waals surface area contributed by atoms with Crippen LogP contribution in [0.25, 0.3) is 0 Å². The van der Waals surface area contributed by atoms with Gasteiger partial charge in [0.05, 0.1) is 0 Å². The molecule has 4 heteroatoms. The summed E-state index contributed by atoms with van der Waals surface area (Å²) in [5.74, 6) is -0.861. The quantitative estimate of drug-likeness (QED) is 0.864. The molecular formula is C14H15NO2S. The monoisotopic (exact) mass is 261 g/mol. The Kier molecular flexibility index (Phi) is 3.99. The van der Waals surface area contributed by atoms with E-state index in [4.69, 9.17) is 5.11 Å². The molecule has 0 aliphatic rings. The standard InChI is InChI=1S/C14H15NO2S/c1-2-10-5-3-4-6-12(10)15-9-11-7-8-13(18-11)14(16)17/h3-8,15H,2,9H2,1H3,(H,16,17). The minimum atomic E-state index is -0.861. The zero-order chi connectivity index (χ0) is 13.0. The summed E-state index contributed by atoms with van der Waals surface area (Å²) in [6.45, 7) is 2.78. The number of benzene rings is 1. The van der Waals surface area contributed by atoms with E-state index in [2.05, 4.69) is 18.3 Å². The molecule has 0 aliphatic heterocycles. The van der Waals surface area contributed by atoms with Crippen molar-refractivity contribution in [1.29, 1.82) is 0 Å². The van der Waals surface area contributed by atoms with E-state index >= 15 is 0 Å². The van der Waals surface area contributed by atoms with E-state index in [1.54, 1.807) is 6.07 Å². The topological polar surface area (TPSA) is 49.3 Å². The van der Waals surface area contributed by atoms with Crippen LogP contribution in [-0.4, -0.2) is 11.1 Å². The zero-order valence-corrected chi connectivity index (χ0v) is 11.0. The van der Waals surface area contributed by atoms with E-state index in [-0.39, 0.29) is 0 Å². The maximum atomic E-state index is 10.8. The molecule has 0 saturated carbocycles. The summed E-state index contributed by atoms with van der Waals surface area (Å²) in [6, 6.07) is 11.7. The molecule has 0 atom stereocenters. The summed E-state index contributed by atoms with van der Waals surface area (Å²) in [6.07, 6.45) is 0.980. The van der Waals surface area contributed by atoms with Crippen LogP contribution in [0.4, 0.5) is 5.69 Å². The number of hydrogen-bond acceptors (Lipinski definition) is 3. The van der Waals surface area contributed by atoms with Gasteiger partial charge >= 0.3 is 5.97 Å². The Balaban J connectivity index is 2.04. The lowest BCUT2D eigenvalue weighted by atomic mass is 10.1. The second kappa shape index (κ2) is 5.69. The molecule has 2 rings (SSSR count). The number of nitrogens with one attached hydrogen (secondary N) is 1. The van der Waals surface area contributed by atoms with Gasteiger partial charge in [0, 0.05) is 17.1 Å². The van der Waals surface area contributed by atoms with Crippen LogP contribution >= 0.6 is 11.3 Å². The van der Waals surface area contributed by atoms with Crippen molar-refractivity contribution in [2.24, 2.45) is 0 Å². The Labute approximate surface area is 110 Å². The first kappa shape index (κ1) is 12.6. The number of aromatic carboxylic acids is 1. The highest BCUT2D eigenvalue weighted by Crippen LogP contribution is 2.20. The van der Waals surface area contributed by atoms with Crippen molar-refractivity contribution >= 4 is 23.0 Å². The molecule has 94 valence electrons. The maximum absolute atomic E-state index is 10.8. The van der Waals surface area contributed by atoms with E-state index in [0.717, 1.165) is 17.0 Å². The van der Waals surface area contributed by atoms with E-state index in [9.17, 15) is 4.79 Å². The van der Waals surface area contributed by atoms with Crippen LogP contribution in [0, 0.1) is 0 Å². The zero-order valence-electron chi connectivity index (χ0n) is 10.1. The molecule has 0 radical (unpaired) electrons. The molecule has 2 N–H and O–H groups in total. The van der Waals surface area contributed by atoms with Crippen molar-refractivity contribution in [3.8, 4) is 0 Å². The summed E-state index contributed by atoms with van der Waals surface area (Å²) in [7, 11) is 0. The van der Waals surface area contributed by atoms with Crippen molar-refractivity contribution in [2.75, 3.05) is 5.32 Å². The molecule has 0 amide bonds. The Morgan fingerprint density at radius 2 is 2.06 bits per heavy atom. The van der Waals surface area contributed by atoms with Gasteiger partial charge in [-0.1, -0.05) is 25.1 Å². The summed E-state index contributed by atoms with van der Waals surface area (Å²) >= 11 is 1.31. The Morgan fingerprint density at radius 3 is 2.72 bits per heavy atom. The third-order valence-electron chi connectivity index (χ3n) is 2.72. The van der Waals surface area contributed by atoms with E-state index < -0.39 is 5.97 Å². The predicted octanol–water partition coefficient (Wildman–Crippen LogP) is 3.62. The first-order valence-electron chi connectivity index (χ1n) is 5.84. The van der Waals surface area contributed by atoms with Gasteiger partial charge in [-0.25, -0.2) is 4.79 Å². The number of hydrogen-bond donors (Lipinski definition) is 2. The van der Waals surface area contributed by atoms with Crippen molar-refractivity contribution < 1.29 is 9.90 Å². The van der Waals surface area contributed by atoms with Gasteiger partial charge in [0.1, 0.15) is 4.88 Å². The molecule has 18 heavy (non-hydrogen) atoms. The minimum absolute atomic E-state index is 0.385. The Morgan fingerprint density at radius 1 is 1.28 bits per heavy atom. The van der Waals surface area contributed by atoms with Crippen LogP contribution in [0.15, 0.2) is 36.4 Å². The fraction of sp³-hybridized carbons (Fsp3) is 0.214. The normalized spacial score (nSPS) is 10.3. The number of anilines is 1. The SMILES string of the molecule is CCc1ccccc1NCc1ccc(C(=O)O)s1. The molecule has 0 aliphatic carbocycles. The van der Waals surface area contributed by atoms with Gasteiger partial charge < -0.3 is 10.4 Å². The summed E-state index contributed by atoms with van der Waals surface area (Å²) in [5, 5.41) is 12.2. The fourth-order valence-corrected chi connectivity index (χ4v) is 2.56. The number of thiophene rings is 1. The highest BCUT2D eigenvalue weighted by Gasteiger charge is 2.07. The Bertz CT molecular complexity index is 548. The summed E-state index contributed by atoms with van der Waals surface area (Å²) in [4.78, 5) is 12.2. The molecule has 3 nitrogen and oxygen atoms in total. The van der Waals surface area contributed by atoms with Crippen molar-refractivity contribution in [3.63, 3.8) is 0 Å². The van der Waals surface area contributed by atoms with Crippen LogP contribution in [0.3, 0.4) is 0 Å². The van der Waals surface area contributed by atoms with Gasteiger partial charge in [0.25, 0.3) is 0 Å². The molecule has 0 spiro atoms. The molecule has 1 heterocycles. The first-order chi connectivity index (χ1) is 8.70. The third-order valence-corrected chi connectivity index (χ3v) is 3.80. The van der Waals surface area contributed by atoms with Gasteiger partial charge in [-0.2, -0.15) is 0 Å². The number of aryl methyl sites for hydroxylation is 1.